The van der Waals surface area contributed by atoms with Gasteiger partial charge in [0, 0.05) is 20.1 Å². The maximum atomic E-state index is 14.5. The van der Waals surface area contributed by atoms with Gasteiger partial charge in [0.25, 0.3) is 0 Å². The highest BCUT2D eigenvalue weighted by molar-refractivity contribution is 5.92. The second kappa shape index (κ2) is 15.4. The fourth-order valence-corrected chi connectivity index (χ4v) is 4.71. The first-order chi connectivity index (χ1) is 18.5. The van der Waals surface area contributed by atoms with E-state index in [0.29, 0.717) is 12.0 Å². The number of benzene rings is 1. The predicted octanol–water partition coefficient (Wildman–Crippen LogP) is 7.22. The van der Waals surface area contributed by atoms with E-state index in [1.165, 1.54) is 38.0 Å². The van der Waals surface area contributed by atoms with Crippen LogP contribution in [0.15, 0.2) is 60.2 Å². The van der Waals surface area contributed by atoms with Crippen molar-refractivity contribution in [2.75, 3.05) is 20.3 Å². The normalized spacial score (nSPS) is 19.7. The molecule has 1 aliphatic carbocycles. The summed E-state index contributed by atoms with van der Waals surface area (Å²) >= 11 is 0. The number of methoxy groups -OCH3 is 1. The lowest BCUT2D eigenvalue weighted by Crippen LogP contribution is -2.32. The Bertz CT molecular complexity index is 1200. The average Bonchev–Trinajstić information content (AvgIpc) is 2.89. The Kier molecular flexibility index (Phi) is 12.6. The van der Waals surface area contributed by atoms with E-state index in [4.69, 9.17) is 15.2 Å². The van der Waals surface area contributed by atoms with Gasteiger partial charge in [0.1, 0.15) is 29.6 Å². The SMILES string of the molecule is C=C/C(C)=C(\C=C/C)C1CC(C)CC(N)C1.COCCOc1ccc(F)c(-c2nc(C(C)=O)ccc2F)c1F. The molecule has 3 unspecified atom stereocenters. The molecule has 2 N–H and O–H groups in total. The summed E-state index contributed by atoms with van der Waals surface area (Å²) in [6, 6.07) is 4.50. The van der Waals surface area contributed by atoms with Crippen molar-refractivity contribution < 1.29 is 27.4 Å². The van der Waals surface area contributed by atoms with Crippen LogP contribution in [0.3, 0.4) is 0 Å². The minimum absolute atomic E-state index is 0.0435. The molecule has 212 valence electrons. The maximum Gasteiger partial charge on any atom is 0.178 e. The van der Waals surface area contributed by atoms with Crippen LogP contribution in [0.4, 0.5) is 13.2 Å². The molecule has 0 amide bonds. The van der Waals surface area contributed by atoms with E-state index < -0.39 is 34.5 Å². The Morgan fingerprint density at radius 1 is 1.10 bits per heavy atom. The zero-order chi connectivity index (χ0) is 29.1. The van der Waals surface area contributed by atoms with Crippen LogP contribution in [0.1, 0.15) is 57.4 Å². The average molecular weight is 545 g/mol. The van der Waals surface area contributed by atoms with Crippen molar-refractivity contribution in [2.24, 2.45) is 17.6 Å². The fourth-order valence-electron chi connectivity index (χ4n) is 4.71. The van der Waals surface area contributed by atoms with Crippen LogP contribution in [0.2, 0.25) is 0 Å². The number of pyridine rings is 1. The summed E-state index contributed by atoms with van der Waals surface area (Å²) in [6.45, 7) is 11.9. The zero-order valence-corrected chi connectivity index (χ0v) is 23.4. The highest BCUT2D eigenvalue weighted by Gasteiger charge is 2.26. The molecule has 39 heavy (non-hydrogen) atoms. The summed E-state index contributed by atoms with van der Waals surface area (Å²) in [4.78, 5) is 15.1. The number of ketones is 1. The number of Topliss-reactive ketones (excluding diaryl/α,β-unsaturated/α-hetero) is 1. The molecular formula is C31H39F3N2O3. The number of hydrogen-bond donors (Lipinski definition) is 1. The molecule has 0 bridgehead atoms. The van der Waals surface area contributed by atoms with Gasteiger partial charge in [0.2, 0.25) is 0 Å². The van der Waals surface area contributed by atoms with Crippen LogP contribution in [0.5, 0.6) is 5.75 Å². The van der Waals surface area contributed by atoms with Gasteiger partial charge in [-0.05, 0) is 80.4 Å². The van der Waals surface area contributed by atoms with Crippen LogP contribution in [0.25, 0.3) is 11.3 Å². The Morgan fingerprint density at radius 2 is 1.79 bits per heavy atom. The van der Waals surface area contributed by atoms with Gasteiger partial charge in [-0.25, -0.2) is 18.2 Å². The number of allylic oxidation sites excluding steroid dienone is 5. The van der Waals surface area contributed by atoms with Gasteiger partial charge in [-0.2, -0.15) is 0 Å². The molecule has 5 nitrogen and oxygen atoms in total. The first kappa shape index (κ1) is 32.0. The molecule has 1 aromatic carbocycles. The monoisotopic (exact) mass is 544 g/mol. The Balaban J connectivity index is 0.000000293. The summed E-state index contributed by atoms with van der Waals surface area (Å²) in [5.41, 5.74) is 7.49. The molecule has 1 heterocycles. The van der Waals surface area contributed by atoms with Crippen molar-refractivity contribution in [1.82, 2.24) is 4.98 Å². The number of nitrogens with two attached hydrogens (primary N) is 1. The largest absolute Gasteiger partial charge is 0.488 e. The molecule has 0 spiro atoms. The highest BCUT2D eigenvalue weighted by atomic mass is 19.1. The molecule has 2 aromatic rings. The van der Waals surface area contributed by atoms with Crippen LogP contribution < -0.4 is 10.5 Å². The Hall–Kier alpha value is -3.23. The van der Waals surface area contributed by atoms with E-state index in [2.05, 4.69) is 44.5 Å². The molecule has 0 radical (unpaired) electrons. The minimum Gasteiger partial charge on any atom is -0.488 e. The summed E-state index contributed by atoms with van der Waals surface area (Å²) in [7, 11) is 1.45. The molecule has 1 aromatic heterocycles. The molecule has 8 heteroatoms. The maximum absolute atomic E-state index is 14.5. The molecule has 1 saturated carbocycles. The number of ether oxygens (including phenoxy) is 2. The second-order valence-electron chi connectivity index (χ2n) is 9.77. The van der Waals surface area contributed by atoms with Gasteiger partial charge in [0.15, 0.2) is 17.3 Å². The number of halogens is 3. The third kappa shape index (κ3) is 8.90. The lowest BCUT2D eigenvalue weighted by molar-refractivity contribution is 0.101. The smallest absolute Gasteiger partial charge is 0.178 e. The van der Waals surface area contributed by atoms with Crippen LogP contribution >= 0.6 is 0 Å². The lowest BCUT2D eigenvalue weighted by atomic mass is 9.75. The third-order valence-corrected chi connectivity index (χ3v) is 6.57. The van der Waals surface area contributed by atoms with Crippen molar-refractivity contribution >= 4 is 5.78 Å². The number of carbonyl (C=O) groups is 1. The van der Waals surface area contributed by atoms with Crippen molar-refractivity contribution in [3.63, 3.8) is 0 Å². The molecule has 0 saturated heterocycles. The van der Waals surface area contributed by atoms with E-state index in [9.17, 15) is 18.0 Å². The van der Waals surface area contributed by atoms with E-state index >= 15 is 0 Å². The van der Waals surface area contributed by atoms with Crippen LogP contribution in [-0.4, -0.2) is 37.1 Å². The number of nitrogens with zero attached hydrogens (tertiary/aromatic N) is 1. The number of aromatic nitrogens is 1. The van der Waals surface area contributed by atoms with Gasteiger partial charge in [-0.3, -0.25) is 4.79 Å². The predicted molar refractivity (Wildman–Crippen MR) is 149 cm³/mol. The molecule has 1 aliphatic rings. The van der Waals surface area contributed by atoms with Gasteiger partial charge in [-0.1, -0.05) is 31.7 Å². The quantitative estimate of drug-likeness (QED) is 0.205. The molecular weight excluding hydrogens is 505 g/mol. The van der Waals surface area contributed by atoms with E-state index in [-0.39, 0.29) is 24.7 Å². The minimum atomic E-state index is -1.09. The van der Waals surface area contributed by atoms with Gasteiger partial charge >= 0.3 is 0 Å². The summed E-state index contributed by atoms with van der Waals surface area (Å²) in [5.74, 6) is -2.38. The molecule has 0 aliphatic heterocycles. The summed E-state index contributed by atoms with van der Waals surface area (Å²) in [6.07, 6.45) is 9.86. The highest BCUT2D eigenvalue weighted by Crippen LogP contribution is 2.35. The van der Waals surface area contributed by atoms with Gasteiger partial charge < -0.3 is 15.2 Å². The van der Waals surface area contributed by atoms with E-state index in [0.717, 1.165) is 36.6 Å². The van der Waals surface area contributed by atoms with Crippen molar-refractivity contribution in [3.05, 3.63) is 83.4 Å². The van der Waals surface area contributed by atoms with Crippen molar-refractivity contribution in [1.29, 1.82) is 0 Å². The lowest BCUT2D eigenvalue weighted by Gasteiger charge is -2.32. The topological polar surface area (TPSA) is 74.4 Å². The second-order valence-corrected chi connectivity index (χ2v) is 9.77. The van der Waals surface area contributed by atoms with Crippen molar-refractivity contribution in [2.45, 2.75) is 53.0 Å². The van der Waals surface area contributed by atoms with Crippen molar-refractivity contribution in [3.8, 4) is 17.0 Å². The number of rotatable bonds is 9. The Labute approximate surface area is 229 Å². The first-order valence-corrected chi connectivity index (χ1v) is 13.0. The van der Waals surface area contributed by atoms with Crippen LogP contribution in [0, 0.1) is 29.3 Å². The first-order valence-electron chi connectivity index (χ1n) is 13.0. The third-order valence-electron chi connectivity index (χ3n) is 6.57. The summed E-state index contributed by atoms with van der Waals surface area (Å²) < 4.78 is 52.3. The molecule has 1 fully saturated rings. The summed E-state index contributed by atoms with van der Waals surface area (Å²) in [5, 5.41) is 0. The fraction of sp³-hybridized carbons (Fsp3) is 0.419. The Morgan fingerprint density at radius 3 is 2.38 bits per heavy atom. The van der Waals surface area contributed by atoms with Gasteiger partial charge in [-0.15, -0.1) is 0 Å². The number of carbonyl (C=O) groups excluding carboxylic acids is 1. The van der Waals surface area contributed by atoms with Gasteiger partial charge in [0.05, 0.1) is 12.2 Å². The molecule has 3 rings (SSSR count). The van der Waals surface area contributed by atoms with E-state index in [1.54, 1.807) is 0 Å². The van der Waals surface area contributed by atoms with Crippen LogP contribution in [-0.2, 0) is 4.74 Å². The standard InChI is InChI=1S/C16H14F3NO3.C15H25N/c1-9(21)12-5-3-11(18)16(20-12)14-10(17)4-6-13(15(14)19)23-8-7-22-2;1-5-7-15(12(4)6-2)13-8-11(3)9-14(16)10-13/h3-6H,7-8H2,1-2H3;5-7,11,13-14H,2,8-10,16H2,1,3-4H3/b;7-5-,15-12+. The number of hydrogen-bond acceptors (Lipinski definition) is 5. The molecule has 3 atom stereocenters. The zero-order valence-electron chi connectivity index (χ0n) is 23.4. The van der Waals surface area contributed by atoms with E-state index in [1.807, 2.05) is 6.08 Å².